The molecule has 110 valence electrons. The summed E-state index contributed by atoms with van der Waals surface area (Å²) in [5, 5.41) is 48.4. The van der Waals surface area contributed by atoms with E-state index in [1.165, 1.54) is 0 Å². The number of carboxylic acid groups (broad SMARTS) is 1. The number of ketones is 1. The summed E-state index contributed by atoms with van der Waals surface area (Å²) >= 11 is 0. The maximum atomic E-state index is 10.7. The fourth-order valence-corrected chi connectivity index (χ4v) is 1.08. The van der Waals surface area contributed by atoms with Gasteiger partial charge in [-0.3, -0.25) is 4.79 Å². The standard InChI is InChI=1S/C8H13N3O7.H3N/c9-11-10-2-5(14)7(16)6(15)3(12)1-4(13)8(17)18;/h3,5-7,12,14-16H,1-2H2,(H,17,18);1H3/t3-,5-,6-,7-;/m1./s1. The molecule has 0 aromatic heterocycles. The van der Waals surface area contributed by atoms with Crippen LogP contribution in [-0.4, -0.2) is 68.2 Å². The lowest BCUT2D eigenvalue weighted by molar-refractivity contribution is -0.152. The average molecular weight is 280 g/mol. The smallest absolute Gasteiger partial charge is 0.372 e. The van der Waals surface area contributed by atoms with E-state index in [1.807, 2.05) is 0 Å². The third-order valence-electron chi connectivity index (χ3n) is 2.10. The lowest BCUT2D eigenvalue weighted by atomic mass is 9.99. The molecule has 11 heteroatoms. The van der Waals surface area contributed by atoms with E-state index in [4.69, 9.17) is 10.6 Å². The second kappa shape index (κ2) is 9.22. The molecule has 4 atom stereocenters. The zero-order chi connectivity index (χ0) is 14.3. The number of rotatable bonds is 8. The SMILES string of the molecule is N.[N-]=[N+]=NC[C@@H](O)[C@@H](O)[C@H](O)[C@H](O)CC(=O)C(=O)O. The lowest BCUT2D eigenvalue weighted by Gasteiger charge is -2.25. The predicted octanol–water partition coefficient (Wildman–Crippen LogP) is -2.05. The molecule has 0 fully saturated rings. The molecule has 19 heavy (non-hydrogen) atoms. The van der Waals surface area contributed by atoms with Crippen molar-refractivity contribution in [1.82, 2.24) is 6.15 Å². The molecule has 0 aromatic rings. The second-order valence-electron chi connectivity index (χ2n) is 3.46. The van der Waals surface area contributed by atoms with E-state index in [0.717, 1.165) is 0 Å². The first kappa shape index (κ1) is 19.6. The summed E-state index contributed by atoms with van der Waals surface area (Å²) in [6, 6.07) is 0. The molecular weight excluding hydrogens is 264 g/mol. The summed E-state index contributed by atoms with van der Waals surface area (Å²) in [5.74, 6) is -3.14. The lowest BCUT2D eigenvalue weighted by Crippen LogP contribution is -2.46. The fraction of sp³-hybridized carbons (Fsp3) is 0.750. The van der Waals surface area contributed by atoms with Gasteiger partial charge in [-0.1, -0.05) is 5.11 Å². The van der Waals surface area contributed by atoms with E-state index in [1.54, 1.807) is 0 Å². The number of aliphatic carboxylic acids is 1. The first-order chi connectivity index (χ1) is 8.31. The molecule has 0 aliphatic carbocycles. The Morgan fingerprint density at radius 1 is 1.11 bits per heavy atom. The molecule has 0 rings (SSSR count). The summed E-state index contributed by atoms with van der Waals surface area (Å²) in [5.41, 5.74) is 7.97. The number of carbonyl (C=O) groups is 2. The monoisotopic (exact) mass is 280 g/mol. The molecule has 0 aromatic carbocycles. The Hall–Kier alpha value is -1.75. The van der Waals surface area contributed by atoms with E-state index in [9.17, 15) is 30.0 Å². The number of azide groups is 1. The second-order valence-corrected chi connectivity index (χ2v) is 3.46. The number of carbonyl (C=O) groups excluding carboxylic acids is 1. The van der Waals surface area contributed by atoms with E-state index in [2.05, 4.69) is 10.0 Å². The molecule has 0 radical (unpaired) electrons. The Morgan fingerprint density at radius 2 is 1.58 bits per heavy atom. The number of hydrogen-bond donors (Lipinski definition) is 6. The number of aliphatic hydroxyl groups excluding tert-OH is 4. The number of aliphatic hydroxyl groups is 4. The van der Waals surface area contributed by atoms with Gasteiger partial charge in [0.25, 0.3) is 0 Å². The van der Waals surface area contributed by atoms with Crippen molar-refractivity contribution in [3.8, 4) is 0 Å². The maximum absolute atomic E-state index is 10.7. The molecule has 0 saturated heterocycles. The normalized spacial score (nSPS) is 16.2. The van der Waals surface area contributed by atoms with Crippen molar-refractivity contribution in [3.05, 3.63) is 10.4 Å². The Morgan fingerprint density at radius 3 is 2.00 bits per heavy atom. The highest BCUT2D eigenvalue weighted by molar-refractivity contribution is 6.32. The Kier molecular flexibility index (Phi) is 9.50. The fourth-order valence-electron chi connectivity index (χ4n) is 1.08. The van der Waals surface area contributed by atoms with Gasteiger partial charge in [-0.25, -0.2) is 4.79 Å². The summed E-state index contributed by atoms with van der Waals surface area (Å²) < 4.78 is 0. The zero-order valence-electron chi connectivity index (χ0n) is 9.82. The first-order valence-electron chi connectivity index (χ1n) is 4.80. The van der Waals surface area contributed by atoms with E-state index < -0.39 is 49.1 Å². The predicted molar refractivity (Wildman–Crippen MR) is 60.3 cm³/mol. The van der Waals surface area contributed by atoms with Gasteiger partial charge in [0.1, 0.15) is 12.2 Å². The van der Waals surface area contributed by atoms with Crippen LogP contribution in [0, 0.1) is 0 Å². The molecule has 8 N–H and O–H groups in total. The van der Waals surface area contributed by atoms with Gasteiger partial charge in [-0.2, -0.15) is 0 Å². The molecule has 0 spiro atoms. The quantitative estimate of drug-likeness (QED) is 0.125. The van der Waals surface area contributed by atoms with Crippen LogP contribution in [0.2, 0.25) is 0 Å². The Bertz CT molecular complexity index is 357. The van der Waals surface area contributed by atoms with Crippen molar-refractivity contribution in [2.45, 2.75) is 30.8 Å². The van der Waals surface area contributed by atoms with Crippen LogP contribution in [0.5, 0.6) is 0 Å². The zero-order valence-corrected chi connectivity index (χ0v) is 9.82. The van der Waals surface area contributed by atoms with Crippen molar-refractivity contribution >= 4 is 11.8 Å². The van der Waals surface area contributed by atoms with Crippen LogP contribution in [0.3, 0.4) is 0 Å². The van der Waals surface area contributed by atoms with Gasteiger partial charge in [-0.05, 0) is 5.53 Å². The van der Waals surface area contributed by atoms with Gasteiger partial charge >= 0.3 is 5.97 Å². The summed E-state index contributed by atoms with van der Waals surface area (Å²) in [6.45, 7) is -0.547. The van der Waals surface area contributed by atoms with Crippen LogP contribution >= 0.6 is 0 Å². The molecule has 11 nitrogen and oxygen atoms in total. The van der Waals surface area contributed by atoms with Crippen LogP contribution in [0.4, 0.5) is 0 Å². The summed E-state index contributed by atoms with van der Waals surface area (Å²) in [7, 11) is 0. The average Bonchev–Trinajstić information content (AvgIpc) is 2.33. The Labute approximate surface area is 107 Å². The van der Waals surface area contributed by atoms with Crippen molar-refractivity contribution < 1.29 is 35.1 Å². The number of carboxylic acids is 1. The summed E-state index contributed by atoms with van der Waals surface area (Å²) in [6.07, 6.45) is -8.25. The van der Waals surface area contributed by atoms with Gasteiger partial charge in [-0.15, -0.1) is 0 Å². The minimum absolute atomic E-state index is 0. The van der Waals surface area contributed by atoms with Crippen LogP contribution in [0.25, 0.3) is 10.4 Å². The van der Waals surface area contributed by atoms with E-state index in [0.29, 0.717) is 0 Å². The van der Waals surface area contributed by atoms with Gasteiger partial charge in [0.05, 0.1) is 18.8 Å². The molecule has 0 saturated carbocycles. The van der Waals surface area contributed by atoms with Crippen LogP contribution in [-0.2, 0) is 9.59 Å². The van der Waals surface area contributed by atoms with Gasteiger partial charge in [0.15, 0.2) is 0 Å². The molecule has 0 amide bonds. The number of Topliss-reactive ketones (excluding diaryl/α,β-unsaturated/α-hetero) is 1. The van der Waals surface area contributed by atoms with E-state index in [-0.39, 0.29) is 6.15 Å². The summed E-state index contributed by atoms with van der Waals surface area (Å²) in [4.78, 5) is 23.2. The largest absolute Gasteiger partial charge is 0.475 e. The highest BCUT2D eigenvalue weighted by Gasteiger charge is 2.32. The molecule has 0 heterocycles. The topological polar surface area (TPSA) is 219 Å². The van der Waals surface area contributed by atoms with Crippen molar-refractivity contribution in [2.24, 2.45) is 5.11 Å². The van der Waals surface area contributed by atoms with Crippen molar-refractivity contribution in [1.29, 1.82) is 0 Å². The number of nitrogens with zero attached hydrogens (tertiary/aromatic N) is 3. The van der Waals surface area contributed by atoms with Crippen molar-refractivity contribution in [2.75, 3.05) is 6.54 Å². The van der Waals surface area contributed by atoms with E-state index >= 15 is 0 Å². The van der Waals surface area contributed by atoms with Gasteiger partial charge in [0, 0.05) is 11.3 Å². The molecule has 0 bridgehead atoms. The number of hydrogen-bond acceptors (Lipinski definition) is 8. The minimum Gasteiger partial charge on any atom is -0.475 e. The highest BCUT2D eigenvalue weighted by atomic mass is 16.4. The molecule has 0 aliphatic heterocycles. The minimum atomic E-state index is -1.95. The third kappa shape index (κ3) is 6.67. The molecule has 0 aliphatic rings. The maximum Gasteiger partial charge on any atom is 0.372 e. The first-order valence-corrected chi connectivity index (χ1v) is 4.80. The third-order valence-corrected chi connectivity index (χ3v) is 2.10. The molecule has 0 unspecified atom stereocenters. The van der Waals surface area contributed by atoms with Gasteiger partial charge < -0.3 is 31.7 Å². The van der Waals surface area contributed by atoms with Crippen LogP contribution in [0.1, 0.15) is 6.42 Å². The van der Waals surface area contributed by atoms with Crippen molar-refractivity contribution in [3.63, 3.8) is 0 Å². The highest BCUT2D eigenvalue weighted by Crippen LogP contribution is 2.09. The molecular formula is C8H16N4O7. The van der Waals surface area contributed by atoms with Gasteiger partial charge in [0.2, 0.25) is 5.78 Å². The van der Waals surface area contributed by atoms with Crippen LogP contribution in [0.15, 0.2) is 5.11 Å². The van der Waals surface area contributed by atoms with Crippen LogP contribution < -0.4 is 6.15 Å². The Balaban J connectivity index is 0.